The number of nitrogens with two attached hydrogens (primary N) is 1. The van der Waals surface area contributed by atoms with E-state index in [2.05, 4.69) is 0 Å². The summed E-state index contributed by atoms with van der Waals surface area (Å²) in [7, 11) is 0. The fourth-order valence-corrected chi connectivity index (χ4v) is 2.50. The summed E-state index contributed by atoms with van der Waals surface area (Å²) in [6, 6.07) is -0.0938. The predicted octanol–water partition coefficient (Wildman–Crippen LogP) is 1.24. The Hall–Kier alpha value is -1.17. The Kier molecular flexibility index (Phi) is 5.29. The van der Waals surface area contributed by atoms with E-state index in [9.17, 15) is 9.59 Å². The fourth-order valence-electron chi connectivity index (χ4n) is 2.21. The van der Waals surface area contributed by atoms with Gasteiger partial charge in [-0.1, -0.05) is 18.6 Å². The van der Waals surface area contributed by atoms with Crippen LogP contribution in [0.1, 0.15) is 40.0 Å². The SMILES string of the molecule is CCOC(=O)CN(C(=O)C1(C(N)=S)CCC1)C(C)C. The largest absolute Gasteiger partial charge is 0.465 e. The van der Waals surface area contributed by atoms with Gasteiger partial charge in [-0.2, -0.15) is 0 Å². The first-order valence-corrected chi connectivity index (χ1v) is 7.02. The summed E-state index contributed by atoms with van der Waals surface area (Å²) in [5, 5.41) is 0. The highest BCUT2D eigenvalue weighted by Gasteiger charge is 2.49. The first-order chi connectivity index (χ1) is 8.85. The second kappa shape index (κ2) is 6.32. The molecule has 0 bridgehead atoms. The van der Waals surface area contributed by atoms with Crippen LogP contribution in [0.25, 0.3) is 0 Å². The molecule has 5 nitrogen and oxygen atoms in total. The highest BCUT2D eigenvalue weighted by atomic mass is 32.1. The van der Waals surface area contributed by atoms with E-state index in [0.29, 0.717) is 19.4 Å². The Morgan fingerprint density at radius 1 is 1.42 bits per heavy atom. The van der Waals surface area contributed by atoms with Gasteiger partial charge in [-0.3, -0.25) is 9.59 Å². The molecular weight excluding hydrogens is 264 g/mol. The molecule has 108 valence electrons. The van der Waals surface area contributed by atoms with Gasteiger partial charge in [0.1, 0.15) is 6.54 Å². The highest BCUT2D eigenvalue weighted by Crippen LogP contribution is 2.43. The van der Waals surface area contributed by atoms with E-state index in [1.165, 1.54) is 4.90 Å². The summed E-state index contributed by atoms with van der Waals surface area (Å²) in [5.74, 6) is -0.545. The van der Waals surface area contributed by atoms with Crippen molar-refractivity contribution < 1.29 is 14.3 Å². The number of esters is 1. The number of amides is 1. The molecule has 0 spiro atoms. The van der Waals surface area contributed by atoms with Gasteiger partial charge in [-0.05, 0) is 33.6 Å². The number of hydrogen-bond acceptors (Lipinski definition) is 4. The smallest absolute Gasteiger partial charge is 0.325 e. The van der Waals surface area contributed by atoms with E-state index < -0.39 is 11.4 Å². The van der Waals surface area contributed by atoms with Crippen LogP contribution in [0.4, 0.5) is 0 Å². The number of carbonyl (C=O) groups is 2. The van der Waals surface area contributed by atoms with Crippen molar-refractivity contribution in [3.05, 3.63) is 0 Å². The van der Waals surface area contributed by atoms with Crippen LogP contribution in [0.2, 0.25) is 0 Å². The zero-order valence-corrected chi connectivity index (χ0v) is 12.6. The number of thiocarbonyl (C=S) groups is 1. The Balaban J connectivity index is 2.84. The van der Waals surface area contributed by atoms with Gasteiger partial charge in [0.05, 0.1) is 17.0 Å². The fraction of sp³-hybridized carbons (Fsp3) is 0.769. The normalized spacial score (nSPS) is 16.6. The monoisotopic (exact) mass is 286 g/mol. The van der Waals surface area contributed by atoms with Crippen LogP contribution in [0, 0.1) is 5.41 Å². The molecule has 0 saturated heterocycles. The van der Waals surface area contributed by atoms with Crippen molar-refractivity contribution in [2.24, 2.45) is 11.1 Å². The number of carbonyl (C=O) groups excluding carboxylic acids is 2. The quantitative estimate of drug-likeness (QED) is 0.587. The van der Waals surface area contributed by atoms with Crippen LogP contribution in [0.3, 0.4) is 0 Å². The van der Waals surface area contributed by atoms with E-state index in [-0.39, 0.29) is 23.5 Å². The van der Waals surface area contributed by atoms with Gasteiger partial charge in [-0.15, -0.1) is 0 Å². The second-order valence-corrected chi connectivity index (χ2v) is 5.57. The van der Waals surface area contributed by atoms with Gasteiger partial charge in [0, 0.05) is 6.04 Å². The van der Waals surface area contributed by atoms with Crippen molar-refractivity contribution in [1.82, 2.24) is 4.90 Å². The van der Waals surface area contributed by atoms with Gasteiger partial charge >= 0.3 is 5.97 Å². The van der Waals surface area contributed by atoms with Crippen LogP contribution >= 0.6 is 12.2 Å². The molecule has 0 unspecified atom stereocenters. The van der Waals surface area contributed by atoms with Gasteiger partial charge < -0.3 is 15.4 Å². The lowest BCUT2D eigenvalue weighted by Crippen LogP contribution is -2.57. The molecule has 1 saturated carbocycles. The van der Waals surface area contributed by atoms with E-state index in [1.54, 1.807) is 6.92 Å². The Morgan fingerprint density at radius 3 is 2.32 bits per heavy atom. The molecule has 2 N–H and O–H groups in total. The third-order valence-corrected chi connectivity index (χ3v) is 3.97. The van der Waals surface area contributed by atoms with Crippen molar-refractivity contribution in [3.8, 4) is 0 Å². The average molecular weight is 286 g/mol. The van der Waals surface area contributed by atoms with E-state index in [4.69, 9.17) is 22.7 Å². The van der Waals surface area contributed by atoms with Crippen LogP contribution in [0.15, 0.2) is 0 Å². The lowest BCUT2D eigenvalue weighted by atomic mass is 9.67. The molecule has 0 aromatic heterocycles. The minimum Gasteiger partial charge on any atom is -0.465 e. The summed E-state index contributed by atoms with van der Waals surface area (Å²) in [6.45, 7) is 5.72. The number of nitrogens with zero attached hydrogens (tertiary/aromatic N) is 1. The number of rotatable bonds is 6. The van der Waals surface area contributed by atoms with Crippen molar-refractivity contribution >= 4 is 29.1 Å². The highest BCUT2D eigenvalue weighted by molar-refractivity contribution is 7.80. The molecule has 19 heavy (non-hydrogen) atoms. The average Bonchev–Trinajstić information content (AvgIpc) is 2.23. The summed E-state index contributed by atoms with van der Waals surface area (Å²) in [5.41, 5.74) is 4.98. The molecule has 0 radical (unpaired) electrons. The molecule has 0 aromatic rings. The number of ether oxygens (including phenoxy) is 1. The lowest BCUT2D eigenvalue weighted by molar-refractivity contribution is -0.154. The van der Waals surface area contributed by atoms with Crippen molar-refractivity contribution in [2.45, 2.75) is 46.1 Å². The molecule has 0 heterocycles. The molecule has 0 aliphatic heterocycles. The van der Waals surface area contributed by atoms with Gasteiger partial charge in [0.2, 0.25) is 5.91 Å². The maximum absolute atomic E-state index is 12.6. The molecule has 1 aliphatic rings. The topological polar surface area (TPSA) is 72.6 Å². The van der Waals surface area contributed by atoms with Crippen molar-refractivity contribution in [3.63, 3.8) is 0 Å². The molecule has 1 aliphatic carbocycles. The summed E-state index contributed by atoms with van der Waals surface area (Å²) < 4.78 is 4.90. The Morgan fingerprint density at radius 2 is 2.00 bits per heavy atom. The Labute approximate surface area is 119 Å². The maximum atomic E-state index is 12.6. The molecule has 0 aromatic carbocycles. The number of hydrogen-bond donors (Lipinski definition) is 1. The zero-order chi connectivity index (χ0) is 14.6. The van der Waals surface area contributed by atoms with Crippen molar-refractivity contribution in [2.75, 3.05) is 13.2 Å². The molecule has 1 fully saturated rings. The molecule has 1 rings (SSSR count). The lowest BCUT2D eigenvalue weighted by Gasteiger charge is -2.43. The standard InChI is InChI=1S/C13H22N2O3S/c1-4-18-10(16)8-15(9(2)3)12(17)13(11(14)19)6-5-7-13/h9H,4-8H2,1-3H3,(H2,14,19). The Bertz CT molecular complexity index is 378. The van der Waals surface area contributed by atoms with Crippen LogP contribution in [0.5, 0.6) is 0 Å². The summed E-state index contributed by atoms with van der Waals surface area (Å²) in [6.07, 6.45) is 2.29. The summed E-state index contributed by atoms with van der Waals surface area (Å²) >= 11 is 5.04. The molecule has 6 heteroatoms. The summed E-state index contributed by atoms with van der Waals surface area (Å²) in [4.78, 5) is 26.0. The maximum Gasteiger partial charge on any atom is 0.325 e. The zero-order valence-electron chi connectivity index (χ0n) is 11.8. The predicted molar refractivity (Wildman–Crippen MR) is 76.6 cm³/mol. The van der Waals surface area contributed by atoms with Gasteiger partial charge in [-0.25, -0.2) is 0 Å². The molecule has 0 atom stereocenters. The van der Waals surface area contributed by atoms with Crippen molar-refractivity contribution in [1.29, 1.82) is 0 Å². The third-order valence-electron chi connectivity index (χ3n) is 3.58. The first kappa shape index (κ1) is 15.9. The molecular formula is C13H22N2O3S. The second-order valence-electron chi connectivity index (χ2n) is 5.13. The van der Waals surface area contributed by atoms with Crippen LogP contribution in [-0.4, -0.2) is 41.0 Å². The van der Waals surface area contributed by atoms with Crippen LogP contribution < -0.4 is 5.73 Å². The minimum absolute atomic E-state index is 0.0469. The van der Waals surface area contributed by atoms with Gasteiger partial charge in [0.15, 0.2) is 0 Å². The third kappa shape index (κ3) is 3.23. The minimum atomic E-state index is -0.744. The van der Waals surface area contributed by atoms with E-state index >= 15 is 0 Å². The van der Waals surface area contributed by atoms with E-state index in [0.717, 1.165) is 6.42 Å². The van der Waals surface area contributed by atoms with E-state index in [1.807, 2.05) is 13.8 Å². The van der Waals surface area contributed by atoms with Gasteiger partial charge in [0.25, 0.3) is 0 Å². The molecule has 1 amide bonds. The first-order valence-electron chi connectivity index (χ1n) is 6.61. The van der Waals surface area contributed by atoms with Crippen LogP contribution in [-0.2, 0) is 14.3 Å².